The summed E-state index contributed by atoms with van der Waals surface area (Å²) in [7, 11) is 0. The van der Waals surface area contributed by atoms with Gasteiger partial charge in [0.25, 0.3) is 0 Å². The molecule has 0 saturated carbocycles. The molecule has 0 heterocycles. The molecule has 2 nitrogen and oxygen atoms in total. The van der Waals surface area contributed by atoms with Crippen molar-refractivity contribution in [1.29, 1.82) is 0 Å². The molecule has 0 aliphatic rings. The zero-order valence-electron chi connectivity index (χ0n) is 11.7. The summed E-state index contributed by atoms with van der Waals surface area (Å²) in [6.07, 6.45) is 6.01. The average molecular weight is 250 g/mol. The summed E-state index contributed by atoms with van der Waals surface area (Å²) in [6, 6.07) is 8.38. The lowest BCUT2D eigenvalue weighted by atomic mass is 10.1. The highest BCUT2D eigenvalue weighted by atomic mass is 16.5. The number of hydrogen-bond acceptors (Lipinski definition) is 2. The normalized spacial score (nSPS) is 12.4. The van der Waals surface area contributed by atoms with Crippen LogP contribution in [0.2, 0.25) is 0 Å². The maximum Gasteiger partial charge on any atom is 0.119 e. The average Bonchev–Trinajstić information content (AvgIpc) is 2.42. The first-order valence-electron chi connectivity index (χ1n) is 7.16. The summed E-state index contributed by atoms with van der Waals surface area (Å²) in [4.78, 5) is 0. The molecular formula is C16H26O2. The van der Waals surface area contributed by atoms with Gasteiger partial charge in [0.05, 0.1) is 12.7 Å². The number of aliphatic hydroxyl groups is 1. The van der Waals surface area contributed by atoms with Gasteiger partial charge in [0.15, 0.2) is 0 Å². The molecule has 102 valence electrons. The molecule has 0 bridgehead atoms. The van der Waals surface area contributed by atoms with Crippen LogP contribution in [0.25, 0.3) is 0 Å². The molecule has 0 fully saturated rings. The summed E-state index contributed by atoms with van der Waals surface area (Å²) >= 11 is 0. The third kappa shape index (κ3) is 6.06. The standard InChI is InChI=1S/C16H26O2/c1-3-5-7-14-9-11-16(12-10-14)18-13-6-8-15(17)4-2/h9-12,15,17H,3-8,13H2,1-2H3. The van der Waals surface area contributed by atoms with Gasteiger partial charge < -0.3 is 9.84 Å². The Morgan fingerprint density at radius 2 is 1.83 bits per heavy atom. The van der Waals surface area contributed by atoms with Crippen molar-refractivity contribution in [3.8, 4) is 5.75 Å². The van der Waals surface area contributed by atoms with E-state index in [1.807, 2.05) is 19.1 Å². The van der Waals surface area contributed by atoms with Crippen LogP contribution in [0.15, 0.2) is 24.3 Å². The molecule has 18 heavy (non-hydrogen) atoms. The zero-order chi connectivity index (χ0) is 13.2. The van der Waals surface area contributed by atoms with Gasteiger partial charge in [0.1, 0.15) is 5.75 Å². The van der Waals surface area contributed by atoms with Crippen LogP contribution in [-0.2, 0) is 6.42 Å². The molecule has 0 amide bonds. The number of benzene rings is 1. The number of aliphatic hydroxyl groups excluding tert-OH is 1. The predicted molar refractivity (Wildman–Crippen MR) is 76.1 cm³/mol. The van der Waals surface area contributed by atoms with E-state index in [-0.39, 0.29) is 6.10 Å². The fraction of sp³-hybridized carbons (Fsp3) is 0.625. The van der Waals surface area contributed by atoms with Gasteiger partial charge in [-0.15, -0.1) is 0 Å². The highest BCUT2D eigenvalue weighted by Crippen LogP contribution is 2.14. The molecule has 1 rings (SSSR count). The van der Waals surface area contributed by atoms with Gasteiger partial charge in [-0.25, -0.2) is 0 Å². The number of unbranched alkanes of at least 4 members (excludes halogenated alkanes) is 1. The summed E-state index contributed by atoms with van der Waals surface area (Å²) in [6.45, 7) is 4.90. The van der Waals surface area contributed by atoms with Crippen molar-refractivity contribution in [3.05, 3.63) is 29.8 Å². The van der Waals surface area contributed by atoms with Crippen LogP contribution < -0.4 is 4.74 Å². The summed E-state index contributed by atoms with van der Waals surface area (Å²) in [5.74, 6) is 0.932. The van der Waals surface area contributed by atoms with Gasteiger partial charge in [-0.3, -0.25) is 0 Å². The quantitative estimate of drug-likeness (QED) is 0.672. The number of aryl methyl sites for hydroxylation is 1. The Morgan fingerprint density at radius 3 is 2.44 bits per heavy atom. The van der Waals surface area contributed by atoms with Gasteiger partial charge in [-0.05, 0) is 49.8 Å². The maximum absolute atomic E-state index is 9.42. The molecule has 2 heteroatoms. The van der Waals surface area contributed by atoms with Crippen LogP contribution in [0, 0.1) is 0 Å². The lowest BCUT2D eigenvalue weighted by molar-refractivity contribution is 0.149. The second kappa shape index (κ2) is 8.98. The Kier molecular flexibility index (Phi) is 7.51. The minimum Gasteiger partial charge on any atom is -0.494 e. The van der Waals surface area contributed by atoms with Crippen molar-refractivity contribution < 1.29 is 9.84 Å². The lowest BCUT2D eigenvalue weighted by Crippen LogP contribution is -2.07. The largest absolute Gasteiger partial charge is 0.494 e. The van der Waals surface area contributed by atoms with Crippen molar-refractivity contribution in [2.45, 2.75) is 58.5 Å². The van der Waals surface area contributed by atoms with Crippen LogP contribution in [0.3, 0.4) is 0 Å². The molecule has 1 unspecified atom stereocenters. The molecule has 1 aromatic rings. The van der Waals surface area contributed by atoms with E-state index in [1.165, 1.54) is 18.4 Å². The Balaban J connectivity index is 2.22. The van der Waals surface area contributed by atoms with E-state index in [0.29, 0.717) is 6.61 Å². The lowest BCUT2D eigenvalue weighted by Gasteiger charge is -2.09. The molecule has 0 radical (unpaired) electrons. The molecule has 1 aromatic carbocycles. The Hall–Kier alpha value is -1.02. The molecule has 1 N–H and O–H groups in total. The SMILES string of the molecule is CCCCc1ccc(OCCCC(O)CC)cc1. The smallest absolute Gasteiger partial charge is 0.119 e. The highest BCUT2D eigenvalue weighted by Gasteiger charge is 2.00. The van der Waals surface area contributed by atoms with Crippen molar-refractivity contribution >= 4 is 0 Å². The van der Waals surface area contributed by atoms with E-state index in [4.69, 9.17) is 4.74 Å². The fourth-order valence-corrected chi connectivity index (χ4v) is 1.85. The second-order valence-electron chi connectivity index (χ2n) is 4.80. The molecular weight excluding hydrogens is 224 g/mol. The highest BCUT2D eigenvalue weighted by molar-refractivity contribution is 5.27. The van der Waals surface area contributed by atoms with Gasteiger partial charge in [-0.2, -0.15) is 0 Å². The van der Waals surface area contributed by atoms with Crippen molar-refractivity contribution in [3.63, 3.8) is 0 Å². The van der Waals surface area contributed by atoms with Gasteiger partial charge in [0.2, 0.25) is 0 Å². The van der Waals surface area contributed by atoms with Crippen LogP contribution in [0.4, 0.5) is 0 Å². The van der Waals surface area contributed by atoms with Crippen molar-refractivity contribution in [2.75, 3.05) is 6.61 Å². The Labute approximate surface area is 111 Å². The summed E-state index contributed by atoms with van der Waals surface area (Å²) < 4.78 is 5.65. The van der Waals surface area contributed by atoms with Crippen molar-refractivity contribution in [1.82, 2.24) is 0 Å². The van der Waals surface area contributed by atoms with Crippen LogP contribution in [0.1, 0.15) is 51.5 Å². The van der Waals surface area contributed by atoms with Crippen LogP contribution in [-0.4, -0.2) is 17.8 Å². The van der Waals surface area contributed by atoms with Crippen molar-refractivity contribution in [2.24, 2.45) is 0 Å². The van der Waals surface area contributed by atoms with E-state index in [1.54, 1.807) is 0 Å². The van der Waals surface area contributed by atoms with Gasteiger partial charge in [-0.1, -0.05) is 32.4 Å². The first-order valence-corrected chi connectivity index (χ1v) is 7.16. The fourth-order valence-electron chi connectivity index (χ4n) is 1.85. The topological polar surface area (TPSA) is 29.5 Å². The zero-order valence-corrected chi connectivity index (χ0v) is 11.7. The van der Waals surface area contributed by atoms with E-state index < -0.39 is 0 Å². The minimum atomic E-state index is -0.176. The monoisotopic (exact) mass is 250 g/mol. The Morgan fingerprint density at radius 1 is 1.11 bits per heavy atom. The number of ether oxygens (including phenoxy) is 1. The van der Waals surface area contributed by atoms with E-state index in [2.05, 4.69) is 19.1 Å². The second-order valence-corrected chi connectivity index (χ2v) is 4.80. The number of hydrogen-bond donors (Lipinski definition) is 1. The molecule has 0 spiro atoms. The van der Waals surface area contributed by atoms with E-state index in [9.17, 15) is 5.11 Å². The first kappa shape index (κ1) is 15.0. The summed E-state index contributed by atoms with van der Waals surface area (Å²) in [5, 5.41) is 9.42. The molecule has 0 aliphatic heterocycles. The molecule has 0 aliphatic carbocycles. The molecule has 0 aromatic heterocycles. The van der Waals surface area contributed by atoms with Gasteiger partial charge >= 0.3 is 0 Å². The van der Waals surface area contributed by atoms with Crippen LogP contribution in [0.5, 0.6) is 5.75 Å². The van der Waals surface area contributed by atoms with E-state index in [0.717, 1.165) is 31.4 Å². The predicted octanol–water partition coefficient (Wildman–Crippen LogP) is 3.96. The Bertz CT molecular complexity index is 305. The first-order chi connectivity index (χ1) is 8.76. The third-order valence-corrected chi connectivity index (χ3v) is 3.16. The number of rotatable bonds is 9. The minimum absolute atomic E-state index is 0.176. The maximum atomic E-state index is 9.42. The summed E-state index contributed by atoms with van der Waals surface area (Å²) in [5.41, 5.74) is 1.38. The molecule has 1 atom stereocenters. The van der Waals surface area contributed by atoms with Gasteiger partial charge in [0, 0.05) is 0 Å². The van der Waals surface area contributed by atoms with E-state index >= 15 is 0 Å². The third-order valence-electron chi connectivity index (χ3n) is 3.16. The molecule has 0 saturated heterocycles. The van der Waals surface area contributed by atoms with Crippen LogP contribution >= 0.6 is 0 Å².